The monoisotopic (exact) mass is 272 g/mol. The van der Waals surface area contributed by atoms with E-state index in [1.165, 1.54) is 5.56 Å². The molecule has 0 spiro atoms. The minimum absolute atomic E-state index is 0.573. The van der Waals surface area contributed by atoms with E-state index in [2.05, 4.69) is 38.2 Å². The van der Waals surface area contributed by atoms with Crippen molar-refractivity contribution in [3.8, 4) is 0 Å². The molecule has 106 valence electrons. The second-order valence-corrected chi connectivity index (χ2v) is 4.71. The molecule has 0 aliphatic rings. The number of aromatic nitrogens is 4. The smallest absolute Gasteiger partial charge is 0.229 e. The fraction of sp³-hybridized carbons (Fsp3) is 0.429. The first-order valence-electron chi connectivity index (χ1n) is 6.66. The van der Waals surface area contributed by atoms with Crippen LogP contribution in [0.15, 0.2) is 18.3 Å². The van der Waals surface area contributed by atoms with E-state index < -0.39 is 0 Å². The molecule has 2 heterocycles. The Morgan fingerprint density at radius 2 is 1.95 bits per heavy atom. The van der Waals surface area contributed by atoms with E-state index in [0.29, 0.717) is 24.1 Å². The molecule has 20 heavy (non-hydrogen) atoms. The van der Waals surface area contributed by atoms with Crippen LogP contribution in [0.25, 0.3) is 0 Å². The third-order valence-corrected chi connectivity index (χ3v) is 2.93. The molecule has 6 heteroatoms. The highest BCUT2D eigenvalue weighted by molar-refractivity contribution is 5.35. The number of aryl methyl sites for hydroxylation is 1. The van der Waals surface area contributed by atoms with Crippen LogP contribution in [-0.2, 0) is 12.8 Å². The standard InChI is InChI=1S/C14H20N6/c1-5-10-6-7-11(16-9-10)8-12-17-13(15-2)19-14(18-12)20(3)4/h6-7,9H,5,8H2,1-4H3,(H,15,17,18,19). The second-order valence-electron chi connectivity index (χ2n) is 4.71. The predicted molar refractivity (Wildman–Crippen MR) is 80.1 cm³/mol. The topological polar surface area (TPSA) is 66.8 Å². The number of nitrogens with zero attached hydrogens (tertiary/aromatic N) is 5. The maximum atomic E-state index is 4.44. The molecule has 0 fully saturated rings. The van der Waals surface area contributed by atoms with Gasteiger partial charge in [0.2, 0.25) is 11.9 Å². The molecule has 0 saturated carbocycles. The summed E-state index contributed by atoms with van der Waals surface area (Å²) in [5.74, 6) is 1.93. The van der Waals surface area contributed by atoms with E-state index in [4.69, 9.17) is 0 Å². The van der Waals surface area contributed by atoms with Crippen molar-refractivity contribution in [3.63, 3.8) is 0 Å². The molecule has 0 saturated heterocycles. The Labute approximate surface area is 119 Å². The highest BCUT2D eigenvalue weighted by Crippen LogP contribution is 2.11. The first-order chi connectivity index (χ1) is 9.62. The lowest BCUT2D eigenvalue weighted by molar-refractivity contribution is 0.871. The lowest BCUT2D eigenvalue weighted by atomic mass is 10.2. The van der Waals surface area contributed by atoms with Gasteiger partial charge >= 0.3 is 0 Å². The molecule has 6 nitrogen and oxygen atoms in total. The van der Waals surface area contributed by atoms with Gasteiger partial charge in [0.25, 0.3) is 0 Å². The molecule has 2 aromatic rings. The fourth-order valence-corrected chi connectivity index (χ4v) is 1.73. The Morgan fingerprint density at radius 3 is 2.50 bits per heavy atom. The van der Waals surface area contributed by atoms with Crippen LogP contribution in [0.3, 0.4) is 0 Å². The maximum Gasteiger partial charge on any atom is 0.229 e. The minimum atomic E-state index is 0.573. The first kappa shape index (κ1) is 14.2. The summed E-state index contributed by atoms with van der Waals surface area (Å²) in [5, 5.41) is 2.96. The van der Waals surface area contributed by atoms with Gasteiger partial charge < -0.3 is 10.2 Å². The van der Waals surface area contributed by atoms with E-state index in [1.807, 2.05) is 31.3 Å². The van der Waals surface area contributed by atoms with Crippen LogP contribution in [0.1, 0.15) is 24.0 Å². The fourth-order valence-electron chi connectivity index (χ4n) is 1.73. The minimum Gasteiger partial charge on any atom is -0.357 e. The van der Waals surface area contributed by atoms with Gasteiger partial charge in [0, 0.05) is 33.0 Å². The number of anilines is 2. The lowest BCUT2D eigenvalue weighted by Gasteiger charge is -2.12. The number of nitrogens with one attached hydrogen (secondary N) is 1. The predicted octanol–water partition coefficient (Wildman–Crippen LogP) is 1.53. The quantitative estimate of drug-likeness (QED) is 0.890. The van der Waals surface area contributed by atoms with Crippen LogP contribution < -0.4 is 10.2 Å². The van der Waals surface area contributed by atoms with Crippen molar-refractivity contribution in [3.05, 3.63) is 35.4 Å². The maximum absolute atomic E-state index is 4.44. The van der Waals surface area contributed by atoms with Crippen molar-refractivity contribution in [2.45, 2.75) is 19.8 Å². The van der Waals surface area contributed by atoms with E-state index in [-0.39, 0.29) is 0 Å². The lowest BCUT2D eigenvalue weighted by Crippen LogP contribution is -2.16. The van der Waals surface area contributed by atoms with Crippen molar-refractivity contribution in [1.29, 1.82) is 0 Å². The van der Waals surface area contributed by atoms with E-state index in [0.717, 1.165) is 12.1 Å². The van der Waals surface area contributed by atoms with E-state index in [9.17, 15) is 0 Å². The zero-order valence-electron chi connectivity index (χ0n) is 12.4. The highest BCUT2D eigenvalue weighted by atomic mass is 15.3. The van der Waals surface area contributed by atoms with Crippen LogP contribution in [0.4, 0.5) is 11.9 Å². The molecule has 1 N–H and O–H groups in total. The molecular weight excluding hydrogens is 252 g/mol. The molecular formula is C14H20N6. The van der Waals surface area contributed by atoms with Gasteiger partial charge in [-0.15, -0.1) is 0 Å². The Kier molecular flexibility index (Phi) is 4.45. The molecule has 0 atom stereocenters. The van der Waals surface area contributed by atoms with Crippen LogP contribution in [0.2, 0.25) is 0 Å². The Hall–Kier alpha value is -2.24. The van der Waals surface area contributed by atoms with Crippen LogP contribution in [0.5, 0.6) is 0 Å². The largest absolute Gasteiger partial charge is 0.357 e. The summed E-state index contributed by atoms with van der Waals surface area (Å²) in [7, 11) is 5.62. The van der Waals surface area contributed by atoms with Crippen molar-refractivity contribution >= 4 is 11.9 Å². The number of pyridine rings is 1. The van der Waals surface area contributed by atoms with Crippen molar-refractivity contribution in [2.75, 3.05) is 31.4 Å². The third-order valence-electron chi connectivity index (χ3n) is 2.93. The van der Waals surface area contributed by atoms with Gasteiger partial charge in [-0.2, -0.15) is 15.0 Å². The summed E-state index contributed by atoms with van der Waals surface area (Å²) in [6.07, 6.45) is 3.50. The van der Waals surface area contributed by atoms with Crippen molar-refractivity contribution in [1.82, 2.24) is 19.9 Å². The van der Waals surface area contributed by atoms with Gasteiger partial charge in [-0.1, -0.05) is 13.0 Å². The average Bonchev–Trinajstić information content (AvgIpc) is 2.47. The molecule has 0 aliphatic carbocycles. The van der Waals surface area contributed by atoms with E-state index in [1.54, 1.807) is 7.05 Å². The van der Waals surface area contributed by atoms with Gasteiger partial charge in [0.15, 0.2) is 0 Å². The number of hydrogen-bond donors (Lipinski definition) is 1. The number of rotatable bonds is 5. The van der Waals surface area contributed by atoms with Crippen LogP contribution >= 0.6 is 0 Å². The van der Waals surface area contributed by atoms with E-state index >= 15 is 0 Å². The molecule has 0 amide bonds. The molecule has 2 aromatic heterocycles. The summed E-state index contributed by atoms with van der Waals surface area (Å²) in [6.45, 7) is 2.12. The molecule has 0 aliphatic heterocycles. The summed E-state index contributed by atoms with van der Waals surface area (Å²) in [5.41, 5.74) is 2.19. The molecule has 2 rings (SSSR count). The van der Waals surface area contributed by atoms with Gasteiger partial charge in [0.1, 0.15) is 5.82 Å². The summed E-state index contributed by atoms with van der Waals surface area (Å²) < 4.78 is 0. The van der Waals surface area contributed by atoms with Crippen molar-refractivity contribution < 1.29 is 0 Å². The number of hydrogen-bond acceptors (Lipinski definition) is 6. The van der Waals surface area contributed by atoms with Crippen LogP contribution in [0, 0.1) is 0 Å². The molecule has 0 bridgehead atoms. The molecule has 0 unspecified atom stereocenters. The Morgan fingerprint density at radius 1 is 1.15 bits per heavy atom. The van der Waals surface area contributed by atoms with Gasteiger partial charge in [-0.05, 0) is 18.1 Å². The van der Waals surface area contributed by atoms with Crippen molar-refractivity contribution in [2.24, 2.45) is 0 Å². The summed E-state index contributed by atoms with van der Waals surface area (Å²) >= 11 is 0. The van der Waals surface area contributed by atoms with Crippen LogP contribution in [-0.4, -0.2) is 41.1 Å². The summed E-state index contributed by atoms with van der Waals surface area (Å²) in [4.78, 5) is 19.4. The zero-order chi connectivity index (χ0) is 14.5. The first-order valence-corrected chi connectivity index (χ1v) is 6.66. The van der Waals surface area contributed by atoms with Gasteiger partial charge in [-0.25, -0.2) is 0 Å². The zero-order valence-corrected chi connectivity index (χ0v) is 12.4. The Balaban J connectivity index is 2.24. The van der Waals surface area contributed by atoms with Gasteiger partial charge in [0.05, 0.1) is 6.42 Å². The molecule has 0 aromatic carbocycles. The normalized spacial score (nSPS) is 10.4. The highest BCUT2D eigenvalue weighted by Gasteiger charge is 2.08. The molecule has 0 radical (unpaired) electrons. The summed E-state index contributed by atoms with van der Waals surface area (Å²) in [6, 6.07) is 4.12. The second kappa shape index (κ2) is 6.27. The average molecular weight is 272 g/mol. The third kappa shape index (κ3) is 3.40. The Bertz CT molecular complexity index is 564. The SMILES string of the molecule is CCc1ccc(Cc2nc(NC)nc(N(C)C)n2)nc1. The van der Waals surface area contributed by atoms with Gasteiger partial charge in [-0.3, -0.25) is 4.98 Å².